The molecule has 0 aromatic carbocycles. The molecular weight excluding hydrogens is 282 g/mol. The summed E-state index contributed by atoms with van der Waals surface area (Å²) in [7, 11) is 0. The third-order valence-electron chi connectivity index (χ3n) is 3.40. The van der Waals surface area contributed by atoms with E-state index in [2.05, 4.69) is 9.88 Å². The van der Waals surface area contributed by atoms with E-state index in [0.717, 1.165) is 5.69 Å². The van der Waals surface area contributed by atoms with Gasteiger partial charge in [-0.25, -0.2) is 4.79 Å². The lowest BCUT2D eigenvalue weighted by atomic mass is 10.2. The molecule has 1 aromatic heterocycles. The van der Waals surface area contributed by atoms with Crippen LogP contribution in [0.3, 0.4) is 0 Å². The molecular formula is C16H23N3O3. The summed E-state index contributed by atoms with van der Waals surface area (Å²) in [6.45, 7) is 9.72. The third-order valence-corrected chi connectivity index (χ3v) is 3.40. The zero-order valence-electron chi connectivity index (χ0n) is 13.6. The number of nitrogens with zero attached hydrogens (tertiary/aromatic N) is 3. The van der Waals surface area contributed by atoms with Crippen LogP contribution in [0.5, 0.6) is 0 Å². The van der Waals surface area contributed by atoms with Crippen molar-refractivity contribution in [3.63, 3.8) is 0 Å². The average molecular weight is 305 g/mol. The van der Waals surface area contributed by atoms with Crippen molar-refractivity contribution in [3.8, 4) is 0 Å². The summed E-state index contributed by atoms with van der Waals surface area (Å²) in [6.07, 6.45) is 1.37. The van der Waals surface area contributed by atoms with Gasteiger partial charge in [-0.1, -0.05) is 0 Å². The highest BCUT2D eigenvalue weighted by molar-refractivity contribution is 5.92. The molecule has 120 valence electrons. The van der Waals surface area contributed by atoms with Crippen LogP contribution in [0.15, 0.2) is 18.3 Å². The zero-order chi connectivity index (χ0) is 16.3. The molecule has 2 heterocycles. The zero-order valence-corrected chi connectivity index (χ0v) is 13.6. The Bertz CT molecular complexity index is 558. The van der Waals surface area contributed by atoms with Crippen molar-refractivity contribution in [2.45, 2.75) is 33.3 Å². The molecule has 0 spiro atoms. The van der Waals surface area contributed by atoms with Crippen molar-refractivity contribution < 1.29 is 14.3 Å². The largest absolute Gasteiger partial charge is 0.444 e. The van der Waals surface area contributed by atoms with Crippen molar-refractivity contribution in [1.82, 2.24) is 9.88 Å². The van der Waals surface area contributed by atoms with Crippen LogP contribution >= 0.6 is 0 Å². The summed E-state index contributed by atoms with van der Waals surface area (Å²) >= 11 is 0. The second-order valence-corrected chi connectivity index (χ2v) is 6.41. The Morgan fingerprint density at radius 1 is 1.18 bits per heavy atom. The Morgan fingerprint density at radius 2 is 1.82 bits per heavy atom. The van der Waals surface area contributed by atoms with Gasteiger partial charge >= 0.3 is 6.09 Å². The number of carbonyl (C=O) groups is 2. The van der Waals surface area contributed by atoms with Crippen molar-refractivity contribution >= 4 is 17.6 Å². The molecule has 1 fully saturated rings. The van der Waals surface area contributed by atoms with Gasteiger partial charge in [0.05, 0.1) is 0 Å². The number of ether oxygens (including phenoxy) is 1. The van der Waals surface area contributed by atoms with Crippen LogP contribution < -0.4 is 4.90 Å². The number of rotatable bonds is 2. The molecule has 1 saturated heterocycles. The monoisotopic (exact) mass is 305 g/mol. The van der Waals surface area contributed by atoms with E-state index in [1.54, 1.807) is 17.2 Å². The molecule has 1 aliphatic rings. The second kappa shape index (κ2) is 6.34. The topological polar surface area (TPSA) is 62.7 Å². The first kappa shape index (κ1) is 16.3. The van der Waals surface area contributed by atoms with Gasteiger partial charge in [-0.15, -0.1) is 0 Å². The van der Waals surface area contributed by atoms with Gasteiger partial charge in [-0.2, -0.15) is 0 Å². The first-order valence-corrected chi connectivity index (χ1v) is 7.46. The van der Waals surface area contributed by atoms with E-state index in [-0.39, 0.29) is 11.9 Å². The number of carbonyl (C=O) groups excluding carboxylic acids is 2. The highest BCUT2D eigenvalue weighted by Crippen LogP contribution is 2.18. The predicted molar refractivity (Wildman–Crippen MR) is 84.3 cm³/mol. The summed E-state index contributed by atoms with van der Waals surface area (Å²) in [6, 6.07) is 3.68. The van der Waals surface area contributed by atoms with E-state index in [1.807, 2.05) is 26.8 Å². The van der Waals surface area contributed by atoms with Gasteiger partial charge in [-0.05, 0) is 32.9 Å². The minimum Gasteiger partial charge on any atom is -0.444 e. The fourth-order valence-corrected chi connectivity index (χ4v) is 2.28. The number of amides is 1. The molecule has 2 rings (SSSR count). The van der Waals surface area contributed by atoms with Gasteiger partial charge in [0, 0.05) is 45.0 Å². The Balaban J connectivity index is 1.96. The summed E-state index contributed by atoms with van der Waals surface area (Å²) in [5.74, 6) is -0.0470. The van der Waals surface area contributed by atoms with Crippen molar-refractivity contribution in [2.75, 3.05) is 31.1 Å². The average Bonchev–Trinajstić information content (AvgIpc) is 2.46. The molecule has 1 aliphatic heterocycles. The number of hydrogen-bond donors (Lipinski definition) is 0. The fraction of sp³-hybridized carbons (Fsp3) is 0.562. The highest BCUT2D eigenvalue weighted by Gasteiger charge is 2.26. The molecule has 0 radical (unpaired) electrons. The molecule has 22 heavy (non-hydrogen) atoms. The molecule has 0 saturated carbocycles. The van der Waals surface area contributed by atoms with Crippen molar-refractivity contribution in [3.05, 3.63) is 24.0 Å². The number of aromatic nitrogens is 1. The Morgan fingerprint density at radius 3 is 2.36 bits per heavy atom. The van der Waals surface area contributed by atoms with Crippen molar-refractivity contribution in [2.24, 2.45) is 0 Å². The van der Waals surface area contributed by atoms with Crippen molar-refractivity contribution in [1.29, 1.82) is 0 Å². The van der Waals surface area contributed by atoms with E-state index in [4.69, 9.17) is 4.74 Å². The molecule has 0 atom stereocenters. The number of Topliss-reactive ketones (excluding diaryl/α,β-unsaturated/α-hetero) is 1. The van der Waals surface area contributed by atoms with Crippen LogP contribution in [-0.4, -0.2) is 53.5 Å². The maximum Gasteiger partial charge on any atom is 0.410 e. The minimum atomic E-state index is -0.476. The summed E-state index contributed by atoms with van der Waals surface area (Å²) in [4.78, 5) is 31.4. The molecule has 0 N–H and O–H groups in total. The van der Waals surface area contributed by atoms with Gasteiger partial charge in [0.1, 0.15) is 11.3 Å². The van der Waals surface area contributed by atoms with Gasteiger partial charge in [0.15, 0.2) is 5.78 Å². The van der Waals surface area contributed by atoms with Gasteiger partial charge < -0.3 is 14.5 Å². The lowest BCUT2D eigenvalue weighted by Gasteiger charge is -2.36. The summed E-state index contributed by atoms with van der Waals surface area (Å²) in [5, 5.41) is 0. The molecule has 0 bridgehead atoms. The molecule has 6 heteroatoms. The Hall–Kier alpha value is -2.11. The Kier molecular flexibility index (Phi) is 4.68. The first-order chi connectivity index (χ1) is 10.3. The molecule has 1 amide bonds. The maximum atomic E-state index is 12.0. The van der Waals surface area contributed by atoms with Gasteiger partial charge in [-0.3, -0.25) is 9.78 Å². The molecule has 0 unspecified atom stereocenters. The SMILES string of the molecule is CC(=O)c1cc(N2CCN(C(=O)OC(C)(C)C)CC2)ccn1. The van der Waals surface area contributed by atoms with Crippen LogP contribution in [0.1, 0.15) is 38.2 Å². The van der Waals surface area contributed by atoms with Crippen LogP contribution in [0.4, 0.5) is 10.5 Å². The van der Waals surface area contributed by atoms with E-state index < -0.39 is 5.60 Å². The standard InChI is InChI=1S/C16H23N3O3/c1-12(20)14-11-13(5-6-17-14)18-7-9-19(10-8-18)15(21)22-16(2,3)4/h5-6,11H,7-10H2,1-4H3. The summed E-state index contributed by atoms with van der Waals surface area (Å²) < 4.78 is 5.38. The number of anilines is 1. The molecule has 0 aliphatic carbocycles. The third kappa shape index (κ3) is 4.19. The number of piperazine rings is 1. The number of ketones is 1. The van der Waals surface area contributed by atoms with E-state index in [0.29, 0.717) is 31.9 Å². The number of pyridine rings is 1. The van der Waals surface area contributed by atoms with Crippen LogP contribution in [0.25, 0.3) is 0 Å². The molecule has 1 aromatic rings. The lowest BCUT2D eigenvalue weighted by Crippen LogP contribution is -2.50. The van der Waals surface area contributed by atoms with Crippen LogP contribution in [0, 0.1) is 0 Å². The van der Waals surface area contributed by atoms with Crippen LogP contribution in [-0.2, 0) is 4.74 Å². The maximum absolute atomic E-state index is 12.0. The van der Waals surface area contributed by atoms with E-state index in [1.165, 1.54) is 6.92 Å². The van der Waals surface area contributed by atoms with Gasteiger partial charge in [0.2, 0.25) is 0 Å². The number of hydrogen-bond acceptors (Lipinski definition) is 5. The predicted octanol–water partition coefficient (Wildman–Crippen LogP) is 2.34. The summed E-state index contributed by atoms with van der Waals surface area (Å²) in [5.41, 5.74) is 0.950. The minimum absolute atomic E-state index is 0.0470. The molecule has 6 nitrogen and oxygen atoms in total. The van der Waals surface area contributed by atoms with Crippen LogP contribution in [0.2, 0.25) is 0 Å². The van der Waals surface area contributed by atoms with Gasteiger partial charge in [0.25, 0.3) is 0 Å². The quantitative estimate of drug-likeness (QED) is 0.785. The normalized spacial score (nSPS) is 15.6. The Labute approximate surface area is 131 Å². The lowest BCUT2D eigenvalue weighted by molar-refractivity contribution is 0.0240. The smallest absolute Gasteiger partial charge is 0.410 e. The highest BCUT2D eigenvalue weighted by atomic mass is 16.6. The first-order valence-electron chi connectivity index (χ1n) is 7.46. The second-order valence-electron chi connectivity index (χ2n) is 6.41. The van der Waals surface area contributed by atoms with E-state index >= 15 is 0 Å². The van der Waals surface area contributed by atoms with E-state index in [9.17, 15) is 9.59 Å². The fourth-order valence-electron chi connectivity index (χ4n) is 2.28.